The van der Waals surface area contributed by atoms with E-state index in [9.17, 15) is 9.59 Å². The van der Waals surface area contributed by atoms with Crippen molar-refractivity contribution in [1.82, 2.24) is 5.32 Å². The van der Waals surface area contributed by atoms with Crippen molar-refractivity contribution >= 4 is 34.9 Å². The Kier molecular flexibility index (Phi) is 8.32. The van der Waals surface area contributed by atoms with E-state index in [1.54, 1.807) is 60.7 Å². The van der Waals surface area contributed by atoms with Crippen molar-refractivity contribution in [3.8, 4) is 11.5 Å². The lowest BCUT2D eigenvalue weighted by atomic mass is 10.1. The van der Waals surface area contributed by atoms with Crippen molar-refractivity contribution in [2.24, 2.45) is 0 Å². The molecule has 0 aromatic heterocycles. The first kappa shape index (κ1) is 23.7. The van der Waals surface area contributed by atoms with Crippen LogP contribution in [0.2, 0.25) is 5.02 Å². The number of methoxy groups -OCH3 is 1. The average molecular weight is 466 g/mol. The van der Waals surface area contributed by atoms with Crippen LogP contribution in [0.1, 0.15) is 15.9 Å². The highest BCUT2D eigenvalue weighted by Gasteiger charge is 2.12. The molecule has 0 radical (unpaired) electrons. The standard InChI is InChI=1S/C25H24ClN3O4/c1-3-14-27-25(31)29-21-11-9-20(10-12-21)28-24(30)18-6-13-22(23(15-18)32-2)33-16-17-4-7-19(26)8-5-17/h3-13,15H,1,14,16H2,2H3,(H,28,30)(H2,27,29,31). The largest absolute Gasteiger partial charge is 0.493 e. The zero-order chi connectivity index (χ0) is 23.6. The summed E-state index contributed by atoms with van der Waals surface area (Å²) >= 11 is 5.90. The van der Waals surface area contributed by atoms with Gasteiger partial charge >= 0.3 is 6.03 Å². The minimum Gasteiger partial charge on any atom is -0.493 e. The average Bonchev–Trinajstić information content (AvgIpc) is 2.83. The zero-order valence-electron chi connectivity index (χ0n) is 18.1. The normalized spacial score (nSPS) is 10.1. The predicted octanol–water partition coefficient (Wildman–Crippen LogP) is 5.49. The van der Waals surface area contributed by atoms with Gasteiger partial charge in [0, 0.05) is 28.5 Å². The van der Waals surface area contributed by atoms with Gasteiger partial charge in [0.25, 0.3) is 5.91 Å². The molecule has 0 saturated carbocycles. The number of halogens is 1. The number of hydrogen-bond acceptors (Lipinski definition) is 4. The molecule has 3 aromatic rings. The molecule has 0 atom stereocenters. The third-order valence-corrected chi connectivity index (χ3v) is 4.79. The Hall–Kier alpha value is -3.97. The van der Waals surface area contributed by atoms with Crippen LogP contribution in [0, 0.1) is 0 Å². The molecule has 0 aliphatic heterocycles. The maximum absolute atomic E-state index is 12.7. The van der Waals surface area contributed by atoms with Crippen LogP contribution in [-0.4, -0.2) is 25.6 Å². The van der Waals surface area contributed by atoms with Gasteiger partial charge in [-0.2, -0.15) is 0 Å². The highest BCUT2D eigenvalue weighted by molar-refractivity contribution is 6.30. The number of anilines is 2. The van der Waals surface area contributed by atoms with Gasteiger partial charge in [0.2, 0.25) is 0 Å². The van der Waals surface area contributed by atoms with Crippen LogP contribution >= 0.6 is 11.6 Å². The fraction of sp³-hybridized carbons (Fsp3) is 0.120. The van der Waals surface area contributed by atoms with Crippen molar-refractivity contribution in [3.63, 3.8) is 0 Å². The van der Waals surface area contributed by atoms with Gasteiger partial charge in [-0.1, -0.05) is 29.8 Å². The second-order valence-corrected chi connectivity index (χ2v) is 7.37. The van der Waals surface area contributed by atoms with Crippen molar-refractivity contribution in [1.29, 1.82) is 0 Å². The van der Waals surface area contributed by atoms with Gasteiger partial charge in [-0.15, -0.1) is 6.58 Å². The molecule has 170 valence electrons. The third-order valence-electron chi connectivity index (χ3n) is 4.54. The highest BCUT2D eigenvalue weighted by Crippen LogP contribution is 2.29. The van der Waals surface area contributed by atoms with Crippen LogP contribution in [0.3, 0.4) is 0 Å². The minimum absolute atomic E-state index is 0.304. The SMILES string of the molecule is C=CCNC(=O)Nc1ccc(NC(=O)c2ccc(OCc3ccc(Cl)cc3)c(OC)c2)cc1. The highest BCUT2D eigenvalue weighted by atomic mass is 35.5. The molecule has 33 heavy (non-hydrogen) atoms. The molecule has 0 spiro atoms. The van der Waals surface area contributed by atoms with Gasteiger partial charge in [0.1, 0.15) is 6.61 Å². The fourth-order valence-electron chi connectivity index (χ4n) is 2.85. The van der Waals surface area contributed by atoms with E-state index in [0.717, 1.165) is 5.56 Å². The molecular formula is C25H24ClN3O4. The Morgan fingerprint density at radius 2 is 1.61 bits per heavy atom. The fourth-order valence-corrected chi connectivity index (χ4v) is 2.98. The second kappa shape index (κ2) is 11.6. The number of carbonyl (C=O) groups excluding carboxylic acids is 2. The van der Waals surface area contributed by atoms with Crippen molar-refractivity contribution in [3.05, 3.63) is 95.5 Å². The molecule has 0 fully saturated rings. The molecule has 8 heteroatoms. The number of ether oxygens (including phenoxy) is 2. The third kappa shape index (κ3) is 7.02. The van der Waals surface area contributed by atoms with Gasteiger partial charge in [-0.25, -0.2) is 4.79 Å². The van der Waals surface area contributed by atoms with E-state index in [4.69, 9.17) is 21.1 Å². The summed E-state index contributed by atoms with van der Waals surface area (Å²) < 4.78 is 11.2. The minimum atomic E-state index is -0.336. The van der Waals surface area contributed by atoms with Crippen LogP contribution in [0.5, 0.6) is 11.5 Å². The number of rotatable bonds is 9. The molecule has 3 aromatic carbocycles. The van der Waals surface area contributed by atoms with Crippen molar-refractivity contribution in [2.75, 3.05) is 24.3 Å². The maximum Gasteiger partial charge on any atom is 0.319 e. The Labute approximate surface area is 197 Å². The van der Waals surface area contributed by atoms with Crippen LogP contribution in [-0.2, 0) is 6.61 Å². The van der Waals surface area contributed by atoms with E-state index in [2.05, 4.69) is 22.5 Å². The van der Waals surface area contributed by atoms with Crippen molar-refractivity contribution in [2.45, 2.75) is 6.61 Å². The summed E-state index contributed by atoms with van der Waals surface area (Å²) in [5.74, 6) is 0.665. The summed E-state index contributed by atoms with van der Waals surface area (Å²) in [7, 11) is 1.52. The Balaban J connectivity index is 1.60. The van der Waals surface area contributed by atoms with Crippen LogP contribution in [0.4, 0.5) is 16.2 Å². The molecule has 0 bridgehead atoms. The first-order valence-corrected chi connectivity index (χ1v) is 10.5. The summed E-state index contributed by atoms with van der Waals surface area (Å²) in [5.41, 5.74) is 2.55. The van der Waals surface area contributed by atoms with Gasteiger partial charge in [0.05, 0.1) is 7.11 Å². The number of carbonyl (C=O) groups is 2. The van der Waals surface area contributed by atoms with Crippen LogP contribution in [0.15, 0.2) is 79.4 Å². The van der Waals surface area contributed by atoms with Gasteiger partial charge in [-0.3, -0.25) is 4.79 Å². The molecule has 0 aliphatic rings. The second-order valence-electron chi connectivity index (χ2n) is 6.94. The molecule has 7 nitrogen and oxygen atoms in total. The Bertz CT molecular complexity index is 1120. The first-order chi connectivity index (χ1) is 16.0. The van der Waals surface area contributed by atoms with E-state index in [1.165, 1.54) is 7.11 Å². The van der Waals surface area contributed by atoms with E-state index in [0.29, 0.717) is 46.6 Å². The molecular weight excluding hydrogens is 442 g/mol. The number of nitrogens with one attached hydrogen (secondary N) is 3. The summed E-state index contributed by atoms with van der Waals surface area (Å²) in [5, 5.41) is 8.79. The molecule has 0 unspecified atom stereocenters. The van der Waals surface area contributed by atoms with Gasteiger partial charge in [0.15, 0.2) is 11.5 Å². The molecule has 0 aliphatic carbocycles. The van der Waals surface area contributed by atoms with E-state index < -0.39 is 0 Å². The van der Waals surface area contributed by atoms with Crippen LogP contribution < -0.4 is 25.4 Å². The van der Waals surface area contributed by atoms with Gasteiger partial charge in [-0.05, 0) is 60.2 Å². The molecule has 0 heterocycles. The molecule has 0 saturated heterocycles. The van der Waals surface area contributed by atoms with E-state index in [1.807, 2.05) is 12.1 Å². The van der Waals surface area contributed by atoms with Gasteiger partial charge < -0.3 is 25.4 Å². The predicted molar refractivity (Wildman–Crippen MR) is 130 cm³/mol. The first-order valence-electron chi connectivity index (χ1n) is 10.1. The number of benzene rings is 3. The summed E-state index contributed by atoms with van der Waals surface area (Å²) in [6, 6.07) is 18.8. The quantitative estimate of drug-likeness (QED) is 0.365. The number of urea groups is 1. The lowest BCUT2D eigenvalue weighted by Crippen LogP contribution is -2.28. The van der Waals surface area contributed by atoms with Crippen molar-refractivity contribution < 1.29 is 19.1 Å². The molecule has 3 N–H and O–H groups in total. The summed E-state index contributed by atoms with van der Waals surface area (Å²) in [4.78, 5) is 24.4. The molecule has 3 amide bonds. The monoisotopic (exact) mass is 465 g/mol. The maximum atomic E-state index is 12.7. The topological polar surface area (TPSA) is 88.7 Å². The summed E-state index contributed by atoms with van der Waals surface area (Å²) in [6.45, 7) is 4.25. The molecule has 3 rings (SSSR count). The Morgan fingerprint density at radius 3 is 2.24 bits per heavy atom. The van der Waals surface area contributed by atoms with E-state index >= 15 is 0 Å². The lowest BCUT2D eigenvalue weighted by molar-refractivity contribution is 0.102. The smallest absolute Gasteiger partial charge is 0.319 e. The lowest BCUT2D eigenvalue weighted by Gasteiger charge is -2.13. The zero-order valence-corrected chi connectivity index (χ0v) is 18.8. The summed E-state index contributed by atoms with van der Waals surface area (Å²) in [6.07, 6.45) is 1.59. The number of hydrogen-bond donors (Lipinski definition) is 3. The number of amides is 3. The van der Waals surface area contributed by atoms with Crippen LogP contribution in [0.25, 0.3) is 0 Å². The Morgan fingerprint density at radius 1 is 0.939 bits per heavy atom. The van der Waals surface area contributed by atoms with E-state index in [-0.39, 0.29) is 11.9 Å².